The number of nitrogens with one attached hydrogen (secondary N) is 1. The molecule has 9 heteroatoms. The van der Waals surface area contributed by atoms with Crippen LogP contribution < -0.4 is 11.1 Å². The summed E-state index contributed by atoms with van der Waals surface area (Å²) in [5, 5.41) is 7.91. The van der Waals surface area contributed by atoms with Crippen molar-refractivity contribution < 1.29 is 9.32 Å². The number of nitrogens with two attached hydrogens (primary N) is 1. The highest BCUT2D eigenvalue weighted by Crippen LogP contribution is 2.37. The van der Waals surface area contributed by atoms with E-state index in [4.69, 9.17) is 10.3 Å². The first-order valence-electron chi connectivity index (χ1n) is 12.4. The van der Waals surface area contributed by atoms with Crippen LogP contribution in [0.4, 0.5) is 11.5 Å². The molecule has 8 nitrogen and oxygen atoms in total. The number of aryl methyl sites for hydroxylation is 1. The SMILES string of the molecule is C/C=C(/C)C(=O)Nc1ccc(C)c(-c2noc(-c3sc(-c4cccc(CN5CCCC5)c4)nc3N)n2)c1. The lowest BCUT2D eigenvalue weighted by molar-refractivity contribution is -0.112. The van der Waals surface area contributed by atoms with Gasteiger partial charge in [0, 0.05) is 28.9 Å². The molecule has 190 valence electrons. The Morgan fingerprint density at radius 2 is 2.00 bits per heavy atom. The number of nitrogen functional groups attached to an aromatic ring is 1. The van der Waals surface area contributed by atoms with Crippen LogP contribution in [0.5, 0.6) is 0 Å². The van der Waals surface area contributed by atoms with Crippen molar-refractivity contribution in [3.63, 3.8) is 0 Å². The molecule has 3 N–H and O–H groups in total. The predicted molar refractivity (Wildman–Crippen MR) is 148 cm³/mol. The average molecular weight is 515 g/mol. The Hall–Kier alpha value is -3.82. The van der Waals surface area contributed by atoms with E-state index in [2.05, 4.69) is 43.5 Å². The van der Waals surface area contributed by atoms with Crippen molar-refractivity contribution >= 4 is 28.7 Å². The highest BCUT2D eigenvalue weighted by molar-refractivity contribution is 7.18. The number of aromatic nitrogens is 3. The van der Waals surface area contributed by atoms with Gasteiger partial charge >= 0.3 is 0 Å². The van der Waals surface area contributed by atoms with E-state index in [0.29, 0.717) is 33.7 Å². The van der Waals surface area contributed by atoms with Crippen LogP contribution in [0.25, 0.3) is 32.7 Å². The van der Waals surface area contributed by atoms with Crippen molar-refractivity contribution in [2.75, 3.05) is 24.1 Å². The van der Waals surface area contributed by atoms with Crippen molar-refractivity contribution in [3.8, 4) is 32.7 Å². The molecule has 1 fully saturated rings. The number of rotatable bonds is 7. The Kier molecular flexibility index (Phi) is 7.16. The molecule has 1 amide bonds. The third-order valence-electron chi connectivity index (χ3n) is 6.58. The Morgan fingerprint density at radius 1 is 1.19 bits per heavy atom. The smallest absolute Gasteiger partial charge is 0.272 e. The molecule has 5 rings (SSSR count). The first-order chi connectivity index (χ1) is 17.9. The zero-order valence-corrected chi connectivity index (χ0v) is 22.1. The van der Waals surface area contributed by atoms with Gasteiger partial charge in [-0.05, 0) is 76.0 Å². The molecule has 0 radical (unpaired) electrons. The molecule has 3 heterocycles. The van der Waals surface area contributed by atoms with Crippen LogP contribution in [0, 0.1) is 6.92 Å². The molecule has 0 unspecified atom stereocenters. The van der Waals surface area contributed by atoms with Gasteiger partial charge in [-0.15, -0.1) is 11.3 Å². The number of amides is 1. The third kappa shape index (κ3) is 5.47. The summed E-state index contributed by atoms with van der Waals surface area (Å²) in [5.74, 6) is 0.955. The van der Waals surface area contributed by atoms with Crippen molar-refractivity contribution in [2.24, 2.45) is 0 Å². The number of nitrogens with zero attached hydrogens (tertiary/aromatic N) is 4. The average Bonchev–Trinajstić information content (AvgIpc) is 3.66. The van der Waals surface area contributed by atoms with Crippen molar-refractivity contribution in [3.05, 3.63) is 65.2 Å². The first-order valence-corrected chi connectivity index (χ1v) is 13.2. The number of carbonyl (C=O) groups is 1. The summed E-state index contributed by atoms with van der Waals surface area (Å²) in [6, 6.07) is 14.1. The summed E-state index contributed by atoms with van der Waals surface area (Å²) >= 11 is 1.44. The Bertz CT molecular complexity index is 1470. The fraction of sp³-hybridized carbons (Fsp3) is 0.286. The molecule has 0 saturated carbocycles. The standard InChI is InChI=1S/C28H30N6O2S/c1-4-17(2)26(35)30-21-11-10-18(3)22(15-21)25-32-27(36-33-25)23-24(29)31-28(37-23)20-9-7-8-19(14-20)16-34-12-5-6-13-34/h4,7-11,14-15H,5-6,12-13,16,29H2,1-3H3,(H,30,35)/b17-4-. The highest BCUT2D eigenvalue weighted by atomic mass is 32.1. The first kappa shape index (κ1) is 24.9. The van der Waals surface area contributed by atoms with Crippen LogP contribution in [0.1, 0.15) is 37.8 Å². The van der Waals surface area contributed by atoms with E-state index in [1.54, 1.807) is 13.0 Å². The molecule has 4 aromatic rings. The number of anilines is 2. The van der Waals surface area contributed by atoms with Crippen molar-refractivity contribution in [1.29, 1.82) is 0 Å². The molecule has 2 aromatic heterocycles. The molecule has 0 spiro atoms. The molecular formula is C28H30N6O2S. The van der Waals surface area contributed by atoms with E-state index in [1.165, 1.54) is 29.7 Å². The third-order valence-corrected chi connectivity index (χ3v) is 7.69. The minimum atomic E-state index is -0.152. The van der Waals surface area contributed by atoms with E-state index < -0.39 is 0 Å². The largest absolute Gasteiger partial charge is 0.382 e. The number of hydrogen-bond acceptors (Lipinski definition) is 8. The molecule has 37 heavy (non-hydrogen) atoms. The number of carbonyl (C=O) groups excluding carboxylic acids is 1. The van der Waals surface area contributed by atoms with Crippen LogP contribution in [0.2, 0.25) is 0 Å². The molecule has 2 aromatic carbocycles. The summed E-state index contributed by atoms with van der Waals surface area (Å²) < 4.78 is 5.61. The van der Waals surface area contributed by atoms with Crippen LogP contribution in [0.3, 0.4) is 0 Å². The summed E-state index contributed by atoms with van der Waals surface area (Å²) in [6.07, 6.45) is 4.31. The number of likely N-dealkylation sites (tertiary alicyclic amines) is 1. The number of hydrogen-bond donors (Lipinski definition) is 2. The second kappa shape index (κ2) is 10.7. The van der Waals surface area contributed by atoms with Gasteiger partial charge in [0.25, 0.3) is 11.8 Å². The van der Waals surface area contributed by atoms with Gasteiger partial charge in [0.15, 0.2) is 0 Å². The van der Waals surface area contributed by atoms with Gasteiger partial charge in [-0.3, -0.25) is 9.69 Å². The van der Waals surface area contributed by atoms with E-state index in [-0.39, 0.29) is 5.91 Å². The van der Waals surface area contributed by atoms with Gasteiger partial charge in [-0.25, -0.2) is 4.98 Å². The van der Waals surface area contributed by atoms with Gasteiger partial charge in [0.1, 0.15) is 15.7 Å². The number of benzene rings is 2. The Labute approximate surface area is 220 Å². The van der Waals surface area contributed by atoms with E-state index in [9.17, 15) is 4.79 Å². The summed E-state index contributed by atoms with van der Waals surface area (Å²) in [7, 11) is 0. The number of thiazole rings is 1. The summed E-state index contributed by atoms with van der Waals surface area (Å²) in [4.78, 5) is 24.6. The van der Waals surface area contributed by atoms with Crippen molar-refractivity contribution in [2.45, 2.75) is 40.2 Å². The molecule has 1 aliphatic rings. The van der Waals surface area contributed by atoms with Crippen molar-refractivity contribution in [1.82, 2.24) is 20.0 Å². The zero-order valence-electron chi connectivity index (χ0n) is 21.2. The second-order valence-electron chi connectivity index (χ2n) is 9.30. The zero-order chi connectivity index (χ0) is 25.9. The van der Waals surface area contributed by atoms with Crippen LogP contribution in [-0.2, 0) is 11.3 Å². The maximum atomic E-state index is 12.3. The fourth-order valence-corrected chi connectivity index (χ4v) is 5.24. The minimum Gasteiger partial charge on any atom is -0.382 e. The monoisotopic (exact) mass is 514 g/mol. The summed E-state index contributed by atoms with van der Waals surface area (Å²) in [5.41, 5.74) is 11.6. The molecule has 1 saturated heterocycles. The van der Waals surface area contributed by atoms with Crippen LogP contribution in [-0.4, -0.2) is 39.0 Å². The highest BCUT2D eigenvalue weighted by Gasteiger charge is 2.20. The molecular weight excluding hydrogens is 484 g/mol. The normalized spacial score (nSPS) is 14.3. The van der Waals surface area contributed by atoms with Gasteiger partial charge in [0.2, 0.25) is 5.82 Å². The lowest BCUT2D eigenvalue weighted by Crippen LogP contribution is -2.18. The van der Waals surface area contributed by atoms with Gasteiger partial charge in [0.05, 0.1) is 0 Å². The Balaban J connectivity index is 1.39. The molecule has 1 aliphatic heterocycles. The maximum Gasteiger partial charge on any atom is 0.272 e. The maximum absolute atomic E-state index is 12.3. The second-order valence-corrected chi connectivity index (χ2v) is 10.3. The quantitative estimate of drug-likeness (QED) is 0.295. The van der Waals surface area contributed by atoms with E-state index in [1.807, 2.05) is 38.1 Å². The lowest BCUT2D eigenvalue weighted by atomic mass is 10.1. The molecule has 0 bridgehead atoms. The van der Waals surface area contributed by atoms with Gasteiger partial charge < -0.3 is 15.6 Å². The van der Waals surface area contributed by atoms with Crippen LogP contribution >= 0.6 is 11.3 Å². The van der Waals surface area contributed by atoms with Crippen LogP contribution in [0.15, 0.2) is 58.6 Å². The van der Waals surface area contributed by atoms with Gasteiger partial charge in [-0.1, -0.05) is 35.5 Å². The number of allylic oxidation sites excluding steroid dienone is 1. The fourth-order valence-electron chi connectivity index (χ4n) is 4.34. The Morgan fingerprint density at radius 3 is 2.78 bits per heavy atom. The minimum absolute atomic E-state index is 0.152. The van der Waals surface area contributed by atoms with E-state index in [0.717, 1.165) is 41.3 Å². The molecule has 0 atom stereocenters. The summed E-state index contributed by atoms with van der Waals surface area (Å²) in [6.45, 7) is 8.82. The van der Waals surface area contributed by atoms with Gasteiger partial charge in [-0.2, -0.15) is 4.98 Å². The topological polar surface area (TPSA) is 110 Å². The molecule has 0 aliphatic carbocycles. The lowest BCUT2D eigenvalue weighted by Gasteiger charge is -2.14. The predicted octanol–water partition coefficient (Wildman–Crippen LogP) is 5.92. The van der Waals surface area contributed by atoms with E-state index >= 15 is 0 Å².